The molecule has 0 spiro atoms. The van der Waals surface area contributed by atoms with Gasteiger partial charge in [-0.15, -0.1) is 0 Å². The van der Waals surface area contributed by atoms with Crippen LogP contribution in [-0.2, 0) is 4.79 Å². The van der Waals surface area contributed by atoms with Crippen molar-refractivity contribution in [3.05, 3.63) is 34.1 Å². The lowest BCUT2D eigenvalue weighted by Gasteiger charge is -2.41. The van der Waals surface area contributed by atoms with Crippen molar-refractivity contribution >= 4 is 27.8 Å². The highest BCUT2D eigenvalue weighted by Crippen LogP contribution is 2.26. The Kier molecular flexibility index (Phi) is 3.89. The lowest BCUT2D eigenvalue weighted by molar-refractivity contribution is -0.144. The SMILES string of the molecule is CC(C(=O)O)C1CN(C(=O)c2ccc(Br)cc2F)C1. The van der Waals surface area contributed by atoms with Gasteiger partial charge in [0.25, 0.3) is 5.91 Å². The van der Waals surface area contributed by atoms with Gasteiger partial charge in [0.05, 0.1) is 11.5 Å². The highest BCUT2D eigenvalue weighted by molar-refractivity contribution is 9.10. The Bertz CT molecular complexity index is 529. The average Bonchev–Trinajstić information content (AvgIpc) is 2.26. The predicted molar refractivity (Wildman–Crippen MR) is 70.3 cm³/mol. The standard InChI is InChI=1S/C13H13BrFNO3/c1-7(13(18)19)8-5-16(6-8)12(17)10-3-2-9(14)4-11(10)15/h2-4,7-8H,5-6H2,1H3,(H,18,19). The number of carbonyl (C=O) groups excluding carboxylic acids is 1. The Labute approximate surface area is 118 Å². The maximum atomic E-state index is 13.6. The maximum absolute atomic E-state index is 13.6. The van der Waals surface area contributed by atoms with Crippen molar-refractivity contribution in [1.29, 1.82) is 0 Å². The molecule has 0 bridgehead atoms. The Balaban J connectivity index is 2.02. The molecule has 1 fully saturated rings. The Morgan fingerprint density at radius 2 is 2.11 bits per heavy atom. The van der Waals surface area contributed by atoms with E-state index in [2.05, 4.69) is 15.9 Å². The number of carboxylic acid groups (broad SMARTS) is 1. The first-order valence-corrected chi connectivity index (χ1v) is 6.66. The van der Waals surface area contributed by atoms with Gasteiger partial charge in [0, 0.05) is 23.5 Å². The summed E-state index contributed by atoms with van der Waals surface area (Å²) >= 11 is 3.13. The van der Waals surface area contributed by atoms with Crippen molar-refractivity contribution in [3.8, 4) is 0 Å². The minimum Gasteiger partial charge on any atom is -0.481 e. The van der Waals surface area contributed by atoms with Gasteiger partial charge in [-0.2, -0.15) is 0 Å². The zero-order valence-electron chi connectivity index (χ0n) is 10.3. The van der Waals surface area contributed by atoms with E-state index in [-0.39, 0.29) is 17.4 Å². The molecule has 102 valence electrons. The second kappa shape index (κ2) is 5.28. The third kappa shape index (κ3) is 2.78. The Hall–Kier alpha value is -1.43. The zero-order chi connectivity index (χ0) is 14.2. The molecule has 1 aliphatic heterocycles. The van der Waals surface area contributed by atoms with Gasteiger partial charge in [0.1, 0.15) is 5.82 Å². The molecule has 0 aliphatic carbocycles. The van der Waals surface area contributed by atoms with E-state index in [0.29, 0.717) is 17.6 Å². The summed E-state index contributed by atoms with van der Waals surface area (Å²) in [5.74, 6) is -2.38. The molecule has 1 aliphatic rings. The Morgan fingerprint density at radius 3 is 2.63 bits per heavy atom. The fraction of sp³-hybridized carbons (Fsp3) is 0.385. The molecule has 1 saturated heterocycles. The van der Waals surface area contributed by atoms with E-state index in [9.17, 15) is 14.0 Å². The summed E-state index contributed by atoms with van der Waals surface area (Å²) in [6, 6.07) is 4.27. The molecule has 0 aromatic heterocycles. The molecule has 1 amide bonds. The lowest BCUT2D eigenvalue weighted by atomic mass is 9.86. The molecule has 0 radical (unpaired) electrons. The molecular formula is C13H13BrFNO3. The van der Waals surface area contributed by atoms with Crippen LogP contribution in [0.3, 0.4) is 0 Å². The second-order valence-corrected chi connectivity index (χ2v) is 5.64. The van der Waals surface area contributed by atoms with Crippen LogP contribution in [0.15, 0.2) is 22.7 Å². The van der Waals surface area contributed by atoms with Crippen LogP contribution >= 0.6 is 15.9 Å². The molecule has 1 aromatic carbocycles. The number of halogens is 2. The third-order valence-electron chi connectivity index (χ3n) is 3.46. The Morgan fingerprint density at radius 1 is 1.47 bits per heavy atom. The van der Waals surface area contributed by atoms with Gasteiger partial charge >= 0.3 is 5.97 Å². The van der Waals surface area contributed by atoms with E-state index >= 15 is 0 Å². The van der Waals surface area contributed by atoms with Crippen molar-refractivity contribution < 1.29 is 19.1 Å². The molecule has 1 unspecified atom stereocenters. The highest BCUT2D eigenvalue weighted by Gasteiger charge is 2.37. The number of amides is 1. The minimum absolute atomic E-state index is 0.0182. The predicted octanol–water partition coefficient (Wildman–Crippen LogP) is 2.38. The number of likely N-dealkylation sites (tertiary alicyclic amines) is 1. The monoisotopic (exact) mass is 329 g/mol. The van der Waals surface area contributed by atoms with Crippen LogP contribution in [0.5, 0.6) is 0 Å². The number of benzene rings is 1. The summed E-state index contributed by atoms with van der Waals surface area (Å²) < 4.78 is 14.2. The fourth-order valence-electron chi connectivity index (χ4n) is 2.03. The van der Waals surface area contributed by atoms with Crippen LogP contribution in [0.2, 0.25) is 0 Å². The van der Waals surface area contributed by atoms with Gasteiger partial charge in [0.2, 0.25) is 0 Å². The van der Waals surface area contributed by atoms with E-state index in [4.69, 9.17) is 5.11 Å². The summed E-state index contributed by atoms with van der Waals surface area (Å²) in [5.41, 5.74) is 0.0182. The van der Waals surface area contributed by atoms with E-state index in [1.165, 1.54) is 17.0 Å². The van der Waals surface area contributed by atoms with Crippen molar-refractivity contribution in [2.75, 3.05) is 13.1 Å². The van der Waals surface area contributed by atoms with Crippen LogP contribution < -0.4 is 0 Å². The number of rotatable bonds is 3. The topological polar surface area (TPSA) is 57.6 Å². The van der Waals surface area contributed by atoms with Crippen LogP contribution in [-0.4, -0.2) is 35.0 Å². The number of carboxylic acids is 1. The third-order valence-corrected chi connectivity index (χ3v) is 3.95. The van der Waals surface area contributed by atoms with Crippen LogP contribution in [0.4, 0.5) is 4.39 Å². The molecule has 2 rings (SSSR count). The molecule has 1 N–H and O–H groups in total. The van der Waals surface area contributed by atoms with Crippen molar-refractivity contribution in [3.63, 3.8) is 0 Å². The maximum Gasteiger partial charge on any atom is 0.306 e. The highest BCUT2D eigenvalue weighted by atomic mass is 79.9. The molecule has 1 heterocycles. The number of hydrogen-bond donors (Lipinski definition) is 1. The minimum atomic E-state index is -0.869. The van der Waals surface area contributed by atoms with Crippen molar-refractivity contribution in [1.82, 2.24) is 4.90 Å². The van der Waals surface area contributed by atoms with Gasteiger partial charge < -0.3 is 10.0 Å². The van der Waals surface area contributed by atoms with Crippen LogP contribution in [0.25, 0.3) is 0 Å². The molecule has 1 atom stereocenters. The first kappa shape index (κ1) is 14.0. The molecule has 4 nitrogen and oxygen atoms in total. The van der Waals surface area contributed by atoms with Crippen molar-refractivity contribution in [2.45, 2.75) is 6.92 Å². The van der Waals surface area contributed by atoms with Crippen molar-refractivity contribution in [2.24, 2.45) is 11.8 Å². The molecule has 6 heteroatoms. The summed E-state index contributed by atoms with van der Waals surface area (Å²) in [6.07, 6.45) is 0. The van der Waals surface area contributed by atoms with Crippen LogP contribution in [0.1, 0.15) is 17.3 Å². The molecule has 19 heavy (non-hydrogen) atoms. The van der Waals surface area contributed by atoms with E-state index in [1.807, 2.05) is 0 Å². The van der Waals surface area contributed by atoms with Gasteiger partial charge in [-0.1, -0.05) is 22.9 Å². The average molecular weight is 330 g/mol. The van der Waals surface area contributed by atoms with Crippen LogP contribution in [0, 0.1) is 17.7 Å². The second-order valence-electron chi connectivity index (χ2n) is 4.72. The first-order valence-electron chi connectivity index (χ1n) is 5.87. The normalized spacial score (nSPS) is 16.9. The molecule has 0 saturated carbocycles. The van der Waals surface area contributed by atoms with Gasteiger partial charge in [-0.3, -0.25) is 9.59 Å². The smallest absolute Gasteiger partial charge is 0.306 e. The fourth-order valence-corrected chi connectivity index (χ4v) is 2.36. The molecular weight excluding hydrogens is 317 g/mol. The largest absolute Gasteiger partial charge is 0.481 e. The molecule has 1 aromatic rings. The summed E-state index contributed by atoms with van der Waals surface area (Å²) in [6.45, 7) is 2.35. The van der Waals surface area contributed by atoms with Gasteiger partial charge in [-0.25, -0.2) is 4.39 Å². The summed E-state index contributed by atoms with van der Waals surface area (Å²) in [7, 11) is 0. The number of carbonyl (C=O) groups is 2. The zero-order valence-corrected chi connectivity index (χ0v) is 11.9. The summed E-state index contributed by atoms with van der Waals surface area (Å²) in [4.78, 5) is 24.3. The quantitative estimate of drug-likeness (QED) is 0.926. The van der Waals surface area contributed by atoms with Gasteiger partial charge in [0.15, 0.2) is 0 Å². The lowest BCUT2D eigenvalue weighted by Crippen LogP contribution is -2.53. The van der Waals surface area contributed by atoms with E-state index in [0.717, 1.165) is 0 Å². The van der Waals surface area contributed by atoms with E-state index < -0.39 is 17.7 Å². The first-order chi connectivity index (χ1) is 8.90. The number of aliphatic carboxylic acids is 1. The number of hydrogen-bond acceptors (Lipinski definition) is 2. The van der Waals surface area contributed by atoms with Gasteiger partial charge in [-0.05, 0) is 18.2 Å². The number of nitrogens with zero attached hydrogens (tertiary/aromatic N) is 1. The van der Waals surface area contributed by atoms with E-state index in [1.54, 1.807) is 13.0 Å². The summed E-state index contributed by atoms with van der Waals surface area (Å²) in [5, 5.41) is 8.87.